The molecule has 1 rings (SSSR count). The Morgan fingerprint density at radius 1 is 0.696 bits per heavy atom. The molecule has 0 aromatic heterocycles. The van der Waals surface area contributed by atoms with Gasteiger partial charge in [0.2, 0.25) is 5.82 Å². The summed E-state index contributed by atoms with van der Waals surface area (Å²) in [6.45, 7) is 12.2. The minimum atomic E-state index is -2.11. The van der Waals surface area contributed by atoms with Gasteiger partial charge in [0.25, 0.3) is 0 Å². The Balaban J connectivity index is 3.56. The van der Waals surface area contributed by atoms with E-state index in [9.17, 15) is 22.0 Å². The fourth-order valence-electron chi connectivity index (χ4n) is 2.15. The molecule has 0 radical (unpaired) electrons. The third-order valence-electron chi connectivity index (χ3n) is 3.21. The summed E-state index contributed by atoms with van der Waals surface area (Å²) in [6, 6.07) is 0.974. The van der Waals surface area contributed by atoms with E-state index >= 15 is 0 Å². The van der Waals surface area contributed by atoms with Crippen LogP contribution >= 0.6 is 0 Å². The lowest BCUT2D eigenvalue weighted by atomic mass is 10.0. The van der Waals surface area contributed by atoms with Crippen LogP contribution in [-0.4, -0.2) is 16.1 Å². The zero-order valence-electron chi connectivity index (χ0n) is 14.4. The number of halogens is 5. The van der Waals surface area contributed by atoms with E-state index in [1.54, 1.807) is 6.08 Å². The van der Waals surface area contributed by atoms with E-state index < -0.39 is 50.8 Å². The number of rotatable bonds is 5. The first-order valence-corrected chi connectivity index (χ1v) is 14.9. The molecule has 0 aliphatic carbocycles. The van der Waals surface area contributed by atoms with E-state index in [4.69, 9.17) is 0 Å². The van der Waals surface area contributed by atoms with Gasteiger partial charge in [-0.1, -0.05) is 45.4 Å². The second-order valence-corrected chi connectivity index (χ2v) is 19.2. The van der Waals surface area contributed by atoms with Gasteiger partial charge in [0.1, 0.15) is 0 Å². The summed E-state index contributed by atoms with van der Waals surface area (Å²) in [5.41, 5.74) is -0.526. The predicted molar refractivity (Wildman–Crippen MR) is 90.5 cm³/mol. The molecule has 0 spiro atoms. The van der Waals surface area contributed by atoms with Gasteiger partial charge in [0, 0.05) is 16.1 Å². The first-order chi connectivity index (χ1) is 10.2. The molecular formula is C16H23F5Si2. The summed E-state index contributed by atoms with van der Waals surface area (Å²) in [5.74, 6) is -9.34. The van der Waals surface area contributed by atoms with Gasteiger partial charge in [0.05, 0.1) is 5.56 Å². The molecule has 0 heterocycles. The first-order valence-electron chi connectivity index (χ1n) is 7.45. The molecule has 1 aromatic carbocycles. The summed E-state index contributed by atoms with van der Waals surface area (Å²) in [6.07, 6.45) is 1.67. The molecule has 0 N–H and O–H groups in total. The normalized spacial score (nSPS) is 13.6. The van der Waals surface area contributed by atoms with Gasteiger partial charge in [-0.2, -0.15) is 0 Å². The largest absolute Gasteiger partial charge is 0.203 e. The van der Waals surface area contributed by atoms with Gasteiger partial charge < -0.3 is 0 Å². The molecule has 0 saturated carbocycles. The van der Waals surface area contributed by atoms with Gasteiger partial charge >= 0.3 is 0 Å². The van der Waals surface area contributed by atoms with Crippen LogP contribution < -0.4 is 0 Å². The third kappa shape index (κ3) is 5.27. The molecule has 23 heavy (non-hydrogen) atoms. The van der Waals surface area contributed by atoms with Crippen LogP contribution in [-0.2, 0) is 0 Å². The lowest BCUT2D eigenvalue weighted by molar-refractivity contribution is 0.376. The van der Waals surface area contributed by atoms with Crippen molar-refractivity contribution in [1.29, 1.82) is 0 Å². The lowest BCUT2D eigenvalue weighted by Crippen LogP contribution is -2.22. The van der Waals surface area contributed by atoms with Crippen molar-refractivity contribution in [3.8, 4) is 0 Å². The second kappa shape index (κ2) is 6.88. The molecule has 0 unspecified atom stereocenters. The maximum atomic E-state index is 14.1. The van der Waals surface area contributed by atoms with Gasteiger partial charge in [-0.25, -0.2) is 22.0 Å². The molecule has 0 aliphatic heterocycles. The fraction of sp³-hybridized carbons (Fsp3) is 0.500. The maximum Gasteiger partial charge on any atom is 0.200 e. The van der Waals surface area contributed by atoms with Gasteiger partial charge in [-0.15, -0.1) is 0 Å². The molecular weight excluding hydrogens is 343 g/mol. The minimum Gasteiger partial charge on any atom is -0.203 e. The number of allylic oxidation sites excluding steroid dienone is 2. The topological polar surface area (TPSA) is 0 Å². The van der Waals surface area contributed by atoms with E-state index in [0.29, 0.717) is 12.1 Å². The van der Waals surface area contributed by atoms with Crippen LogP contribution in [0.25, 0.3) is 5.57 Å². The van der Waals surface area contributed by atoms with E-state index in [1.807, 2.05) is 19.6 Å². The summed E-state index contributed by atoms with van der Waals surface area (Å²) in [4.78, 5) is 0. The van der Waals surface area contributed by atoms with Crippen molar-refractivity contribution < 1.29 is 22.0 Å². The van der Waals surface area contributed by atoms with E-state index in [1.165, 1.54) is 0 Å². The highest BCUT2D eigenvalue weighted by Gasteiger charge is 2.29. The van der Waals surface area contributed by atoms with Crippen molar-refractivity contribution >= 4 is 21.7 Å². The standard InChI is InChI=1S/C16H23F5Si2/c1-22(2,3)8-7-10(9-23(4,5)6)11-12(17)14(19)16(21)15(20)13(11)18/h7H,8-9H2,1-6H3/b10-7-. The lowest BCUT2D eigenvalue weighted by Gasteiger charge is -2.22. The van der Waals surface area contributed by atoms with Crippen molar-refractivity contribution in [2.45, 2.75) is 51.4 Å². The van der Waals surface area contributed by atoms with E-state index in [2.05, 4.69) is 19.6 Å². The quantitative estimate of drug-likeness (QED) is 0.243. The zero-order chi connectivity index (χ0) is 18.2. The van der Waals surface area contributed by atoms with Crippen LogP contribution in [0.3, 0.4) is 0 Å². The summed E-state index contributed by atoms with van der Waals surface area (Å²) in [7, 11) is -3.39. The van der Waals surface area contributed by atoms with Gasteiger partial charge in [0.15, 0.2) is 23.3 Å². The monoisotopic (exact) mass is 366 g/mol. The van der Waals surface area contributed by atoms with Crippen molar-refractivity contribution in [2.24, 2.45) is 0 Å². The number of hydrogen-bond acceptors (Lipinski definition) is 0. The molecule has 0 fully saturated rings. The van der Waals surface area contributed by atoms with E-state index in [-0.39, 0.29) is 5.57 Å². The van der Waals surface area contributed by atoms with Crippen LogP contribution in [0.2, 0.25) is 51.4 Å². The van der Waals surface area contributed by atoms with Crippen LogP contribution in [0.1, 0.15) is 5.56 Å². The average molecular weight is 367 g/mol. The minimum absolute atomic E-state index is 0.236. The molecule has 0 saturated heterocycles. The van der Waals surface area contributed by atoms with Crippen LogP contribution in [0, 0.1) is 29.1 Å². The van der Waals surface area contributed by atoms with Crippen molar-refractivity contribution in [1.82, 2.24) is 0 Å². The second-order valence-electron chi connectivity index (χ2n) is 8.18. The Morgan fingerprint density at radius 3 is 1.43 bits per heavy atom. The summed E-state index contributed by atoms with van der Waals surface area (Å²) < 4.78 is 68.5. The van der Waals surface area contributed by atoms with Crippen LogP contribution in [0.15, 0.2) is 6.08 Å². The number of benzene rings is 1. The van der Waals surface area contributed by atoms with Crippen molar-refractivity contribution in [3.05, 3.63) is 40.7 Å². The molecule has 0 aliphatic rings. The third-order valence-corrected chi connectivity index (χ3v) is 6.08. The van der Waals surface area contributed by atoms with E-state index in [0.717, 1.165) is 0 Å². The van der Waals surface area contributed by atoms with Crippen molar-refractivity contribution in [3.63, 3.8) is 0 Å². The SMILES string of the molecule is C[Si](C)(C)C/C=C(/C[Si](C)(C)C)c1c(F)c(F)c(F)c(F)c1F. The summed E-state index contributed by atoms with van der Waals surface area (Å²) in [5, 5.41) is 0. The molecule has 0 bridgehead atoms. The molecule has 130 valence electrons. The van der Waals surface area contributed by atoms with Gasteiger partial charge in [-0.3, -0.25) is 0 Å². The Bertz CT molecular complexity index is 596. The molecule has 7 heteroatoms. The van der Waals surface area contributed by atoms with Crippen LogP contribution in [0.5, 0.6) is 0 Å². The molecule has 1 aromatic rings. The van der Waals surface area contributed by atoms with Crippen LogP contribution in [0.4, 0.5) is 22.0 Å². The highest BCUT2D eigenvalue weighted by Crippen LogP contribution is 2.34. The zero-order valence-corrected chi connectivity index (χ0v) is 16.4. The van der Waals surface area contributed by atoms with Gasteiger partial charge in [-0.05, 0) is 17.7 Å². The Morgan fingerprint density at radius 2 is 1.09 bits per heavy atom. The smallest absolute Gasteiger partial charge is 0.200 e. The predicted octanol–water partition coefficient (Wildman–Crippen LogP) is 6.44. The van der Waals surface area contributed by atoms with Crippen molar-refractivity contribution in [2.75, 3.05) is 0 Å². The highest BCUT2D eigenvalue weighted by molar-refractivity contribution is 6.78. The number of hydrogen-bond donors (Lipinski definition) is 0. The molecule has 0 nitrogen and oxygen atoms in total. The Labute approximate surface area is 136 Å². The maximum absolute atomic E-state index is 14.1. The summed E-state index contributed by atoms with van der Waals surface area (Å²) >= 11 is 0. The fourth-order valence-corrected chi connectivity index (χ4v) is 4.47. The Kier molecular flexibility index (Phi) is 6.01. The highest BCUT2D eigenvalue weighted by atomic mass is 28.3. The average Bonchev–Trinajstić information content (AvgIpc) is 2.38. The molecule has 0 atom stereocenters. The first kappa shape index (κ1) is 20.1. The molecule has 0 amide bonds. The Hall–Kier alpha value is -0.956.